The number of rotatable bonds is 12. The third-order valence-electron chi connectivity index (χ3n) is 7.89. The van der Waals surface area contributed by atoms with Gasteiger partial charge in [-0.2, -0.15) is 9.97 Å². The number of carboxylic acid groups (broad SMARTS) is 2. The van der Waals surface area contributed by atoms with Crippen molar-refractivity contribution in [1.82, 2.24) is 24.1 Å². The summed E-state index contributed by atoms with van der Waals surface area (Å²) in [6, 6.07) is 9.37. The highest BCUT2D eigenvalue weighted by molar-refractivity contribution is 6.28. The molecule has 6 N–H and O–H groups in total. The van der Waals surface area contributed by atoms with Crippen molar-refractivity contribution in [3.63, 3.8) is 0 Å². The molecule has 246 valence electrons. The summed E-state index contributed by atoms with van der Waals surface area (Å²) >= 11 is 5.92. The fraction of sp³-hybridized carbons (Fsp3) is 0.333. The zero-order chi connectivity index (χ0) is 34.1. The summed E-state index contributed by atoms with van der Waals surface area (Å²) in [5.41, 5.74) is 1.50. The molecule has 1 aliphatic rings. The largest absolute Gasteiger partial charge is 0.479 e. The lowest BCUT2D eigenvalue weighted by Gasteiger charge is -2.30. The number of nitrogens with zero attached hydrogens (tertiary/aromatic N) is 5. The maximum absolute atomic E-state index is 12.9. The van der Waals surface area contributed by atoms with E-state index in [1.54, 1.807) is 30.5 Å². The van der Waals surface area contributed by atoms with E-state index in [-0.39, 0.29) is 33.4 Å². The lowest BCUT2D eigenvalue weighted by molar-refractivity contribution is -0.191. The van der Waals surface area contributed by atoms with E-state index in [1.807, 2.05) is 5.92 Å². The Kier molecular flexibility index (Phi) is 9.32. The van der Waals surface area contributed by atoms with Gasteiger partial charge in [0, 0.05) is 31.8 Å². The van der Waals surface area contributed by atoms with Gasteiger partial charge in [0.2, 0.25) is 5.28 Å². The fourth-order valence-electron chi connectivity index (χ4n) is 5.26. The van der Waals surface area contributed by atoms with Gasteiger partial charge in [0.1, 0.15) is 17.7 Å². The van der Waals surface area contributed by atoms with Gasteiger partial charge < -0.3 is 44.9 Å². The van der Waals surface area contributed by atoms with E-state index in [0.717, 1.165) is 0 Å². The summed E-state index contributed by atoms with van der Waals surface area (Å²) in [5, 5.41) is 42.3. The lowest BCUT2D eigenvalue weighted by atomic mass is 9.91. The zero-order valence-electron chi connectivity index (χ0n) is 24.7. The van der Waals surface area contributed by atoms with Crippen LogP contribution in [0.3, 0.4) is 0 Å². The molecular weight excluding hydrogens is 640 g/mol. The number of fused-ring (bicyclic) bond motifs is 1. The Morgan fingerprint density at radius 2 is 1.91 bits per heavy atom. The number of halogens is 1. The van der Waals surface area contributed by atoms with Crippen LogP contribution in [-0.2, 0) is 36.8 Å². The number of nitrogen functional groups attached to an aromatic ring is 1. The average Bonchev–Trinajstić information content (AvgIpc) is 3.57. The first-order valence-electron chi connectivity index (χ1n) is 13.9. The number of aliphatic hydroxyl groups excluding tert-OH is 1. The van der Waals surface area contributed by atoms with Crippen molar-refractivity contribution >= 4 is 40.5 Å². The van der Waals surface area contributed by atoms with Crippen molar-refractivity contribution in [3.05, 3.63) is 70.1 Å². The van der Waals surface area contributed by atoms with Gasteiger partial charge in [-0.05, 0) is 34.9 Å². The van der Waals surface area contributed by atoms with E-state index in [4.69, 9.17) is 38.0 Å². The monoisotopic (exact) mass is 668 g/mol. The third kappa shape index (κ3) is 6.03. The molecule has 4 aromatic rings. The van der Waals surface area contributed by atoms with Gasteiger partial charge in [0.15, 0.2) is 23.3 Å². The van der Waals surface area contributed by atoms with Crippen LogP contribution in [0.25, 0.3) is 22.3 Å². The molecule has 0 radical (unpaired) electrons. The van der Waals surface area contributed by atoms with Crippen LogP contribution in [0.1, 0.15) is 11.8 Å². The first-order valence-corrected chi connectivity index (χ1v) is 14.3. The number of anilines is 1. The molecule has 16 nitrogen and oxygen atoms in total. The maximum Gasteiger partial charge on any atom is 0.348 e. The van der Waals surface area contributed by atoms with Gasteiger partial charge in [-0.15, -0.1) is 6.42 Å². The topological polar surface area (TPSA) is 234 Å². The van der Waals surface area contributed by atoms with Crippen molar-refractivity contribution in [2.24, 2.45) is 0 Å². The Morgan fingerprint density at radius 1 is 1.21 bits per heavy atom. The van der Waals surface area contributed by atoms with Gasteiger partial charge in [0.05, 0.1) is 19.5 Å². The number of aromatic nitrogens is 5. The second kappa shape index (κ2) is 13.1. The molecule has 17 heteroatoms. The van der Waals surface area contributed by atoms with E-state index in [0.29, 0.717) is 24.3 Å². The number of ether oxygens (including phenoxy) is 3. The Labute approximate surface area is 270 Å². The van der Waals surface area contributed by atoms with Crippen LogP contribution in [0.5, 0.6) is 0 Å². The summed E-state index contributed by atoms with van der Waals surface area (Å²) in [5.74, 6) is -1.72. The van der Waals surface area contributed by atoms with Gasteiger partial charge >= 0.3 is 11.9 Å². The fourth-order valence-corrected chi connectivity index (χ4v) is 5.43. The quantitative estimate of drug-likeness (QED) is 0.0777. The van der Waals surface area contributed by atoms with Gasteiger partial charge in [-0.25, -0.2) is 14.6 Å². The maximum atomic E-state index is 12.9. The highest BCUT2D eigenvalue weighted by atomic mass is 35.5. The van der Waals surface area contributed by atoms with Crippen LogP contribution in [0.4, 0.5) is 5.82 Å². The van der Waals surface area contributed by atoms with Crippen molar-refractivity contribution in [1.29, 1.82) is 0 Å². The van der Waals surface area contributed by atoms with E-state index >= 15 is 0 Å². The minimum atomic E-state index is -2.88. The van der Waals surface area contributed by atoms with Crippen molar-refractivity contribution in [2.45, 2.75) is 42.6 Å². The smallest absolute Gasteiger partial charge is 0.348 e. The number of benzene rings is 1. The van der Waals surface area contributed by atoms with Crippen molar-refractivity contribution in [3.8, 4) is 23.5 Å². The molecule has 1 saturated heterocycles. The molecule has 1 aliphatic heterocycles. The normalized spacial score (nSPS) is 21.1. The molecule has 5 rings (SSSR count). The predicted molar refractivity (Wildman–Crippen MR) is 164 cm³/mol. The molecule has 1 aromatic carbocycles. The molecule has 4 atom stereocenters. The second-order valence-electron chi connectivity index (χ2n) is 10.7. The van der Waals surface area contributed by atoms with Gasteiger partial charge in [-0.3, -0.25) is 9.36 Å². The number of methoxy groups -OCH3 is 1. The molecule has 0 amide bonds. The number of hydrogen-bond acceptors (Lipinski definition) is 12. The number of carbonyl (C=O) groups is 2. The highest BCUT2D eigenvalue weighted by Gasteiger charge is 2.58. The lowest BCUT2D eigenvalue weighted by Crippen LogP contribution is -2.55. The molecule has 3 aromatic heterocycles. The standard InChI is InChI=1S/C30H29ClN6O10/c1-3-29(44)19(47-25(21(29)38)37-15-33-20-22(32)34-28(31)35-23(20)37)14-46-30(26(40)41,27(42)43)13-16-6-8-17(9-7-16)18-5-4-10-36(24(18)39)11-12-45-2/h1,4-10,15,19,21,25,38,44H,11-14H2,2H3,(H,40,41)(H,42,43)(H2,32,34,35)/t19-,21+,25-,29-/m1/s1. The first-order chi connectivity index (χ1) is 22.4. The second-order valence-corrected chi connectivity index (χ2v) is 11.0. The number of terminal acetylenes is 1. The van der Waals surface area contributed by atoms with Gasteiger partial charge in [0.25, 0.3) is 11.2 Å². The number of hydrogen-bond donors (Lipinski definition) is 5. The number of carboxylic acids is 2. The Bertz CT molecular complexity index is 1910. The first kappa shape index (κ1) is 33.5. The number of aliphatic hydroxyl groups is 2. The average molecular weight is 669 g/mol. The molecule has 0 unspecified atom stereocenters. The Balaban J connectivity index is 1.39. The van der Waals surface area contributed by atoms with Crippen LogP contribution in [-0.4, -0.2) is 100 Å². The molecule has 1 fully saturated rings. The highest BCUT2D eigenvalue weighted by Crippen LogP contribution is 2.39. The van der Waals surface area contributed by atoms with Crippen LogP contribution in [0.15, 0.2) is 53.7 Å². The molecule has 4 heterocycles. The zero-order valence-corrected chi connectivity index (χ0v) is 25.4. The third-order valence-corrected chi connectivity index (χ3v) is 8.06. The van der Waals surface area contributed by atoms with E-state index < -0.39 is 54.6 Å². The number of aliphatic carboxylic acids is 2. The summed E-state index contributed by atoms with van der Waals surface area (Å²) in [6.07, 6.45) is 2.79. The molecule has 0 saturated carbocycles. The SMILES string of the molecule is C#C[C@@]1(O)[C@@H](COC(Cc2ccc(-c3cccn(CCOC)c3=O)cc2)(C(=O)O)C(=O)O)O[C@@H](n2cnc3c(N)nc(Cl)nc32)[C@@H]1O. The van der Waals surface area contributed by atoms with Gasteiger partial charge in [-0.1, -0.05) is 30.2 Å². The Morgan fingerprint density at radius 3 is 2.55 bits per heavy atom. The Hall–Kier alpha value is -4.89. The number of imidazole rings is 1. The van der Waals surface area contributed by atoms with Crippen molar-refractivity contribution < 1.29 is 44.2 Å². The van der Waals surface area contributed by atoms with Crippen molar-refractivity contribution in [2.75, 3.05) is 26.1 Å². The van der Waals surface area contributed by atoms with E-state index in [2.05, 4.69) is 15.0 Å². The van der Waals surface area contributed by atoms with Crippen LogP contribution in [0.2, 0.25) is 5.28 Å². The van der Waals surface area contributed by atoms with Crippen LogP contribution < -0.4 is 11.3 Å². The predicted octanol–water partition coefficient (Wildman–Crippen LogP) is 0.327. The minimum Gasteiger partial charge on any atom is -0.479 e. The minimum absolute atomic E-state index is 0.0331. The van der Waals surface area contributed by atoms with E-state index in [9.17, 15) is 34.8 Å². The number of pyridine rings is 1. The summed E-state index contributed by atoms with van der Waals surface area (Å²) in [4.78, 5) is 49.8. The van der Waals surface area contributed by atoms with Crippen LogP contribution in [0, 0.1) is 12.3 Å². The summed E-state index contributed by atoms with van der Waals surface area (Å²) in [7, 11) is 1.52. The molecule has 47 heavy (non-hydrogen) atoms. The molecule has 0 bridgehead atoms. The van der Waals surface area contributed by atoms with Crippen LogP contribution >= 0.6 is 11.6 Å². The van der Waals surface area contributed by atoms with E-state index in [1.165, 1.54) is 34.7 Å². The summed E-state index contributed by atoms with van der Waals surface area (Å²) in [6.45, 7) is -0.204. The molecule has 0 aliphatic carbocycles. The molecule has 0 spiro atoms. The number of nitrogens with two attached hydrogens (primary N) is 1. The summed E-state index contributed by atoms with van der Waals surface area (Å²) < 4.78 is 19.0. The molecular formula is C30H29ClN6O10.